The van der Waals surface area contributed by atoms with Gasteiger partial charge in [-0.2, -0.15) is 0 Å². The Labute approximate surface area is 93.6 Å². The van der Waals surface area contributed by atoms with Crippen molar-refractivity contribution in [2.24, 2.45) is 5.14 Å². The molecule has 0 saturated heterocycles. The number of sulfonamides is 1. The quantitative estimate of drug-likeness (QED) is 0.616. The number of hydrogen-bond acceptors (Lipinski definition) is 4. The maximum absolute atomic E-state index is 11.2. The van der Waals surface area contributed by atoms with E-state index in [0.29, 0.717) is 5.56 Å². The highest BCUT2D eigenvalue weighted by atomic mass is 32.2. The fourth-order valence-electron chi connectivity index (χ4n) is 1.11. The van der Waals surface area contributed by atoms with Crippen LogP contribution in [0.1, 0.15) is 5.56 Å². The molecule has 0 unspecified atom stereocenters. The second kappa shape index (κ2) is 4.91. The molecule has 0 radical (unpaired) electrons. The van der Waals surface area contributed by atoms with Crippen molar-refractivity contribution in [3.8, 4) is 0 Å². The Balaban J connectivity index is 2.97. The van der Waals surface area contributed by atoms with Crippen molar-refractivity contribution in [2.45, 2.75) is 11.5 Å². The van der Waals surface area contributed by atoms with Crippen molar-refractivity contribution < 1.29 is 17.9 Å². The van der Waals surface area contributed by atoms with E-state index in [1.54, 1.807) is 12.1 Å². The van der Waals surface area contributed by atoms with Crippen molar-refractivity contribution in [3.05, 3.63) is 42.5 Å². The number of primary sulfonamides is 1. The van der Waals surface area contributed by atoms with Crippen LogP contribution in [0.5, 0.6) is 0 Å². The van der Waals surface area contributed by atoms with E-state index in [1.807, 2.05) is 0 Å². The molecule has 0 aliphatic rings. The number of ether oxygens (including phenoxy) is 1. The minimum Gasteiger partial charge on any atom is -0.458 e. The largest absolute Gasteiger partial charge is 0.458 e. The first-order valence-electron chi connectivity index (χ1n) is 4.35. The average molecular weight is 241 g/mol. The molecule has 5 nitrogen and oxygen atoms in total. The van der Waals surface area contributed by atoms with Crippen molar-refractivity contribution in [1.82, 2.24) is 0 Å². The molecule has 0 aromatic heterocycles. The Hall–Kier alpha value is -1.66. The SMILES string of the molecule is C=CC(=O)OCc1ccccc1S(N)(=O)=O. The van der Waals surface area contributed by atoms with E-state index in [2.05, 4.69) is 6.58 Å². The summed E-state index contributed by atoms with van der Waals surface area (Å²) in [6.45, 7) is 3.07. The Morgan fingerprint density at radius 3 is 2.62 bits per heavy atom. The molecule has 0 fully saturated rings. The molecule has 0 amide bonds. The van der Waals surface area contributed by atoms with Crippen LogP contribution >= 0.6 is 0 Å². The number of carbonyl (C=O) groups is 1. The molecular weight excluding hydrogens is 230 g/mol. The Kier molecular flexibility index (Phi) is 3.81. The lowest BCUT2D eigenvalue weighted by Gasteiger charge is -2.07. The smallest absolute Gasteiger partial charge is 0.330 e. The molecule has 1 aromatic carbocycles. The molecule has 0 bridgehead atoms. The highest BCUT2D eigenvalue weighted by Gasteiger charge is 2.13. The molecular formula is C10H11NO4S. The predicted octanol–water partition coefficient (Wildman–Crippen LogP) is 0.563. The summed E-state index contributed by atoms with van der Waals surface area (Å²) in [6, 6.07) is 6.05. The zero-order valence-electron chi connectivity index (χ0n) is 8.42. The lowest BCUT2D eigenvalue weighted by molar-refractivity contribution is -0.139. The summed E-state index contributed by atoms with van der Waals surface area (Å²) < 4.78 is 27.1. The molecule has 16 heavy (non-hydrogen) atoms. The van der Waals surface area contributed by atoms with Crippen LogP contribution in [0.3, 0.4) is 0 Å². The van der Waals surface area contributed by atoms with Crippen LogP contribution in [-0.4, -0.2) is 14.4 Å². The lowest BCUT2D eigenvalue weighted by Crippen LogP contribution is -2.15. The summed E-state index contributed by atoms with van der Waals surface area (Å²) in [4.78, 5) is 10.8. The number of hydrogen-bond donors (Lipinski definition) is 1. The van der Waals surface area contributed by atoms with Gasteiger partial charge < -0.3 is 4.74 Å². The van der Waals surface area contributed by atoms with Gasteiger partial charge in [0.15, 0.2) is 0 Å². The van der Waals surface area contributed by atoms with Crippen LogP contribution < -0.4 is 5.14 Å². The highest BCUT2D eigenvalue weighted by molar-refractivity contribution is 7.89. The van der Waals surface area contributed by atoms with Crippen LogP contribution in [0, 0.1) is 0 Å². The van der Waals surface area contributed by atoms with Gasteiger partial charge in [-0.3, -0.25) is 0 Å². The minimum absolute atomic E-state index is 0.0492. The molecule has 0 aliphatic heterocycles. The second-order valence-corrected chi connectivity index (χ2v) is 4.49. The number of nitrogens with two attached hydrogens (primary N) is 1. The zero-order valence-corrected chi connectivity index (χ0v) is 9.24. The molecule has 2 N–H and O–H groups in total. The van der Waals surface area contributed by atoms with Gasteiger partial charge in [-0.15, -0.1) is 0 Å². The van der Waals surface area contributed by atoms with Gasteiger partial charge in [-0.25, -0.2) is 18.4 Å². The molecule has 86 valence electrons. The second-order valence-electron chi connectivity index (χ2n) is 2.96. The first kappa shape index (κ1) is 12.4. The molecule has 6 heteroatoms. The Bertz CT molecular complexity index is 507. The van der Waals surface area contributed by atoms with Gasteiger partial charge in [0.1, 0.15) is 6.61 Å². The van der Waals surface area contributed by atoms with Crippen molar-refractivity contribution in [2.75, 3.05) is 0 Å². The molecule has 1 rings (SSSR count). The van der Waals surface area contributed by atoms with E-state index < -0.39 is 16.0 Å². The van der Waals surface area contributed by atoms with Crippen LogP contribution in [0.4, 0.5) is 0 Å². The molecule has 0 spiro atoms. The maximum atomic E-state index is 11.2. The van der Waals surface area contributed by atoms with E-state index in [-0.39, 0.29) is 11.5 Å². The summed E-state index contributed by atoms with van der Waals surface area (Å²) in [5.41, 5.74) is 0.334. The van der Waals surface area contributed by atoms with Crippen LogP contribution in [0.15, 0.2) is 41.8 Å². The average Bonchev–Trinajstić information content (AvgIpc) is 2.25. The summed E-state index contributed by atoms with van der Waals surface area (Å²) in [5, 5.41) is 5.01. The molecule has 0 aliphatic carbocycles. The van der Waals surface area contributed by atoms with Crippen LogP contribution in [0.2, 0.25) is 0 Å². The van der Waals surface area contributed by atoms with E-state index in [9.17, 15) is 13.2 Å². The third-order valence-corrected chi connectivity index (χ3v) is 2.83. The van der Waals surface area contributed by atoms with Gasteiger partial charge in [0.2, 0.25) is 10.0 Å². The third-order valence-electron chi connectivity index (χ3n) is 1.82. The predicted molar refractivity (Wildman–Crippen MR) is 57.8 cm³/mol. The molecule has 0 atom stereocenters. The summed E-state index contributed by atoms with van der Waals surface area (Å²) in [6.07, 6.45) is 1.000. The monoisotopic (exact) mass is 241 g/mol. The van der Waals surface area contributed by atoms with E-state index in [4.69, 9.17) is 9.88 Å². The highest BCUT2D eigenvalue weighted by Crippen LogP contribution is 2.14. The number of carbonyl (C=O) groups excluding carboxylic acids is 1. The fourth-order valence-corrected chi connectivity index (χ4v) is 1.87. The van der Waals surface area contributed by atoms with Crippen molar-refractivity contribution >= 4 is 16.0 Å². The van der Waals surface area contributed by atoms with Crippen molar-refractivity contribution in [1.29, 1.82) is 0 Å². The standard InChI is InChI=1S/C10H11NO4S/c1-2-10(12)15-7-8-5-3-4-6-9(8)16(11,13)14/h2-6H,1,7H2,(H2,11,13,14). The van der Waals surface area contributed by atoms with Crippen LogP contribution in [0.25, 0.3) is 0 Å². The van der Waals surface area contributed by atoms with Crippen LogP contribution in [-0.2, 0) is 26.2 Å². The van der Waals surface area contributed by atoms with Gasteiger partial charge in [-0.05, 0) is 6.07 Å². The van der Waals surface area contributed by atoms with E-state index in [1.165, 1.54) is 12.1 Å². The van der Waals surface area contributed by atoms with Gasteiger partial charge in [0, 0.05) is 11.6 Å². The van der Waals surface area contributed by atoms with Gasteiger partial charge in [0.05, 0.1) is 4.90 Å². The zero-order chi connectivity index (χ0) is 12.2. The van der Waals surface area contributed by atoms with Gasteiger partial charge in [-0.1, -0.05) is 24.8 Å². The van der Waals surface area contributed by atoms with Gasteiger partial charge >= 0.3 is 5.97 Å². The van der Waals surface area contributed by atoms with Crippen molar-refractivity contribution in [3.63, 3.8) is 0 Å². The third kappa shape index (κ3) is 3.18. The lowest BCUT2D eigenvalue weighted by atomic mass is 10.2. The number of esters is 1. The van der Waals surface area contributed by atoms with E-state index in [0.717, 1.165) is 6.08 Å². The summed E-state index contributed by atoms with van der Waals surface area (Å²) in [5.74, 6) is -0.621. The summed E-state index contributed by atoms with van der Waals surface area (Å²) in [7, 11) is -3.81. The normalized spacial score (nSPS) is 10.8. The number of rotatable bonds is 4. The molecule has 0 saturated carbocycles. The maximum Gasteiger partial charge on any atom is 0.330 e. The Morgan fingerprint density at radius 2 is 2.06 bits per heavy atom. The molecule has 1 aromatic rings. The first-order valence-corrected chi connectivity index (χ1v) is 5.89. The minimum atomic E-state index is -3.81. The molecule has 0 heterocycles. The fraction of sp³-hybridized carbons (Fsp3) is 0.100. The Morgan fingerprint density at radius 1 is 1.44 bits per heavy atom. The van der Waals surface area contributed by atoms with E-state index >= 15 is 0 Å². The summed E-state index contributed by atoms with van der Waals surface area (Å²) >= 11 is 0. The first-order chi connectivity index (χ1) is 7.45. The van der Waals surface area contributed by atoms with Gasteiger partial charge in [0.25, 0.3) is 0 Å². The number of benzene rings is 1. The topological polar surface area (TPSA) is 86.5 Å².